The third-order valence-electron chi connectivity index (χ3n) is 3.12. The third-order valence-corrected chi connectivity index (χ3v) is 3.12. The molecular formula is C12H24N2O2. The average Bonchev–Trinajstić information content (AvgIpc) is 2.63. The van der Waals surface area contributed by atoms with E-state index in [1.165, 1.54) is 0 Å². The first kappa shape index (κ1) is 13.5. The van der Waals surface area contributed by atoms with Crippen molar-refractivity contribution in [3.63, 3.8) is 0 Å². The number of carbonyl (C=O) groups is 1. The number of rotatable bonds is 5. The highest BCUT2D eigenvalue weighted by atomic mass is 16.3. The van der Waals surface area contributed by atoms with E-state index in [1.54, 1.807) is 4.90 Å². The fourth-order valence-electron chi connectivity index (χ4n) is 2.27. The summed E-state index contributed by atoms with van der Waals surface area (Å²) >= 11 is 0. The maximum atomic E-state index is 11.9. The maximum absolute atomic E-state index is 11.9. The van der Waals surface area contributed by atoms with Crippen LogP contribution in [0, 0.1) is 11.8 Å². The van der Waals surface area contributed by atoms with Gasteiger partial charge in [0.25, 0.3) is 0 Å². The molecule has 0 radical (unpaired) electrons. The number of nitrogens with two attached hydrogens (primary N) is 1. The SMILES string of the molecule is CC(C)CC(CN)CC(=O)N1CC[C@@H](O)C1. The van der Waals surface area contributed by atoms with Gasteiger partial charge >= 0.3 is 0 Å². The lowest BCUT2D eigenvalue weighted by molar-refractivity contribution is -0.131. The Bertz CT molecular complexity index is 231. The molecule has 1 fully saturated rings. The minimum Gasteiger partial charge on any atom is -0.391 e. The van der Waals surface area contributed by atoms with Crippen LogP contribution in [0.2, 0.25) is 0 Å². The zero-order chi connectivity index (χ0) is 12.1. The molecule has 4 heteroatoms. The lowest BCUT2D eigenvalue weighted by Gasteiger charge is -2.21. The van der Waals surface area contributed by atoms with E-state index < -0.39 is 0 Å². The van der Waals surface area contributed by atoms with Crippen LogP contribution in [0.5, 0.6) is 0 Å². The first-order chi connectivity index (χ1) is 7.52. The van der Waals surface area contributed by atoms with Crippen molar-refractivity contribution in [1.82, 2.24) is 4.90 Å². The van der Waals surface area contributed by atoms with Crippen LogP contribution >= 0.6 is 0 Å². The van der Waals surface area contributed by atoms with Crippen molar-refractivity contribution in [2.75, 3.05) is 19.6 Å². The standard InChI is InChI=1S/C12H24N2O2/c1-9(2)5-10(7-13)6-12(16)14-4-3-11(15)8-14/h9-11,15H,3-8,13H2,1-2H3/t10?,11-/m1/s1. The van der Waals surface area contributed by atoms with E-state index in [9.17, 15) is 9.90 Å². The Morgan fingerprint density at radius 3 is 2.69 bits per heavy atom. The minimum absolute atomic E-state index is 0.146. The minimum atomic E-state index is -0.328. The fourth-order valence-corrected chi connectivity index (χ4v) is 2.27. The lowest BCUT2D eigenvalue weighted by Crippen LogP contribution is -2.32. The van der Waals surface area contributed by atoms with Gasteiger partial charge in [-0.05, 0) is 31.2 Å². The number of carbonyl (C=O) groups excluding carboxylic acids is 1. The Labute approximate surface area is 97.8 Å². The van der Waals surface area contributed by atoms with Gasteiger partial charge in [0.15, 0.2) is 0 Å². The highest BCUT2D eigenvalue weighted by Gasteiger charge is 2.26. The quantitative estimate of drug-likeness (QED) is 0.724. The molecule has 1 rings (SSSR count). The number of likely N-dealkylation sites (tertiary alicyclic amines) is 1. The number of nitrogens with zero attached hydrogens (tertiary/aromatic N) is 1. The second-order valence-electron chi connectivity index (χ2n) is 5.22. The topological polar surface area (TPSA) is 66.6 Å². The molecule has 0 aromatic heterocycles. The number of hydrogen-bond acceptors (Lipinski definition) is 3. The van der Waals surface area contributed by atoms with Gasteiger partial charge in [0.2, 0.25) is 5.91 Å². The van der Waals surface area contributed by atoms with Crippen molar-refractivity contribution in [2.24, 2.45) is 17.6 Å². The van der Waals surface area contributed by atoms with Gasteiger partial charge in [-0.1, -0.05) is 13.8 Å². The summed E-state index contributed by atoms with van der Waals surface area (Å²) in [4.78, 5) is 13.7. The monoisotopic (exact) mass is 228 g/mol. The zero-order valence-electron chi connectivity index (χ0n) is 10.4. The van der Waals surface area contributed by atoms with Crippen molar-refractivity contribution in [1.29, 1.82) is 0 Å². The first-order valence-corrected chi connectivity index (χ1v) is 6.18. The molecule has 4 nitrogen and oxygen atoms in total. The Kier molecular flexibility index (Phi) is 5.22. The Hall–Kier alpha value is -0.610. The van der Waals surface area contributed by atoms with Crippen molar-refractivity contribution < 1.29 is 9.90 Å². The molecule has 1 aliphatic rings. The van der Waals surface area contributed by atoms with Crippen LogP contribution in [-0.4, -0.2) is 41.7 Å². The average molecular weight is 228 g/mol. The molecule has 1 amide bonds. The molecule has 2 atom stereocenters. The number of hydrogen-bond donors (Lipinski definition) is 2. The lowest BCUT2D eigenvalue weighted by atomic mass is 9.94. The van der Waals surface area contributed by atoms with Gasteiger partial charge in [-0.15, -0.1) is 0 Å². The maximum Gasteiger partial charge on any atom is 0.222 e. The first-order valence-electron chi connectivity index (χ1n) is 6.18. The molecule has 94 valence electrons. The van der Waals surface area contributed by atoms with Crippen LogP contribution in [0.25, 0.3) is 0 Å². The van der Waals surface area contributed by atoms with Gasteiger partial charge in [-0.25, -0.2) is 0 Å². The number of aliphatic hydroxyl groups is 1. The van der Waals surface area contributed by atoms with Gasteiger partial charge in [0.1, 0.15) is 0 Å². The van der Waals surface area contributed by atoms with Crippen LogP contribution in [-0.2, 0) is 4.79 Å². The Balaban J connectivity index is 2.36. The highest BCUT2D eigenvalue weighted by molar-refractivity contribution is 5.76. The molecular weight excluding hydrogens is 204 g/mol. The van der Waals surface area contributed by atoms with Crippen LogP contribution in [0.15, 0.2) is 0 Å². The van der Waals surface area contributed by atoms with Crippen molar-refractivity contribution in [3.8, 4) is 0 Å². The van der Waals surface area contributed by atoms with Crippen LogP contribution in [0.1, 0.15) is 33.1 Å². The molecule has 16 heavy (non-hydrogen) atoms. The normalized spacial score (nSPS) is 22.8. The van der Waals surface area contributed by atoms with Gasteiger partial charge in [0.05, 0.1) is 6.10 Å². The smallest absolute Gasteiger partial charge is 0.222 e. The molecule has 0 bridgehead atoms. The van der Waals surface area contributed by atoms with Gasteiger partial charge in [-0.3, -0.25) is 4.79 Å². The van der Waals surface area contributed by atoms with Gasteiger partial charge in [0, 0.05) is 19.5 Å². The van der Waals surface area contributed by atoms with E-state index in [0.717, 1.165) is 6.42 Å². The summed E-state index contributed by atoms with van der Waals surface area (Å²) in [5, 5.41) is 9.37. The van der Waals surface area contributed by atoms with Crippen molar-refractivity contribution in [2.45, 2.75) is 39.2 Å². The summed E-state index contributed by atoms with van der Waals surface area (Å²) < 4.78 is 0. The zero-order valence-corrected chi connectivity index (χ0v) is 10.4. The molecule has 1 heterocycles. The summed E-state index contributed by atoms with van der Waals surface area (Å²) in [7, 11) is 0. The van der Waals surface area contributed by atoms with E-state index in [1.807, 2.05) is 0 Å². The summed E-state index contributed by atoms with van der Waals surface area (Å²) in [5.74, 6) is 1.00. The number of aliphatic hydroxyl groups excluding tert-OH is 1. The summed E-state index contributed by atoms with van der Waals surface area (Å²) in [6.07, 6.45) is 1.91. The fraction of sp³-hybridized carbons (Fsp3) is 0.917. The molecule has 0 aromatic rings. The van der Waals surface area contributed by atoms with E-state index in [-0.39, 0.29) is 17.9 Å². The predicted octanol–water partition coefficient (Wildman–Crippen LogP) is 0.591. The molecule has 0 aliphatic carbocycles. The summed E-state index contributed by atoms with van der Waals surface area (Å²) in [5.41, 5.74) is 5.68. The van der Waals surface area contributed by atoms with E-state index in [0.29, 0.717) is 38.4 Å². The highest BCUT2D eigenvalue weighted by Crippen LogP contribution is 2.18. The van der Waals surface area contributed by atoms with Crippen LogP contribution < -0.4 is 5.73 Å². The van der Waals surface area contributed by atoms with Gasteiger partial charge in [-0.2, -0.15) is 0 Å². The van der Waals surface area contributed by atoms with Crippen LogP contribution in [0.3, 0.4) is 0 Å². The third kappa shape index (κ3) is 4.10. The molecule has 0 saturated carbocycles. The molecule has 3 N–H and O–H groups in total. The second kappa shape index (κ2) is 6.21. The summed E-state index contributed by atoms with van der Waals surface area (Å²) in [6.45, 7) is 6.05. The largest absolute Gasteiger partial charge is 0.391 e. The van der Waals surface area contributed by atoms with E-state index in [4.69, 9.17) is 5.73 Å². The van der Waals surface area contributed by atoms with E-state index in [2.05, 4.69) is 13.8 Å². The molecule has 0 spiro atoms. The molecule has 0 aromatic carbocycles. The van der Waals surface area contributed by atoms with E-state index >= 15 is 0 Å². The number of amides is 1. The predicted molar refractivity (Wildman–Crippen MR) is 63.8 cm³/mol. The second-order valence-corrected chi connectivity index (χ2v) is 5.22. The van der Waals surface area contributed by atoms with Crippen LogP contribution in [0.4, 0.5) is 0 Å². The molecule has 1 saturated heterocycles. The van der Waals surface area contributed by atoms with Gasteiger partial charge < -0.3 is 15.7 Å². The number of β-amino-alcohol motifs (C(OH)–C–C–N with tert-alkyl or cyclic N) is 1. The molecule has 1 unspecified atom stereocenters. The Morgan fingerprint density at radius 2 is 2.25 bits per heavy atom. The van der Waals surface area contributed by atoms with Crippen molar-refractivity contribution >= 4 is 5.91 Å². The molecule has 1 aliphatic heterocycles. The van der Waals surface area contributed by atoms with Crippen molar-refractivity contribution in [3.05, 3.63) is 0 Å². The summed E-state index contributed by atoms with van der Waals surface area (Å²) in [6, 6.07) is 0. The Morgan fingerprint density at radius 1 is 1.56 bits per heavy atom.